The lowest BCUT2D eigenvalue weighted by Gasteiger charge is -2.26. The minimum atomic E-state index is -0.366. The molecule has 0 bridgehead atoms. The van der Waals surface area contributed by atoms with Gasteiger partial charge < -0.3 is 10.2 Å². The molecule has 2 aliphatic rings. The van der Waals surface area contributed by atoms with Gasteiger partial charge in [-0.2, -0.15) is 0 Å². The van der Waals surface area contributed by atoms with E-state index in [2.05, 4.69) is 28.5 Å². The smallest absolute Gasteiger partial charge is 0.321 e. The molecule has 1 aromatic rings. The Hall–Kier alpha value is -2.04. The third-order valence-corrected chi connectivity index (χ3v) is 5.02. The van der Waals surface area contributed by atoms with Gasteiger partial charge in [-0.25, -0.2) is 4.79 Å². The lowest BCUT2D eigenvalue weighted by Crippen LogP contribution is -2.51. The van der Waals surface area contributed by atoms with Crippen LogP contribution in [0.4, 0.5) is 10.5 Å². The number of anilines is 1. The summed E-state index contributed by atoms with van der Waals surface area (Å²) in [5.74, 6) is 0.151. The predicted octanol–water partition coefficient (Wildman–Crippen LogP) is 2.77. The molecule has 0 spiro atoms. The van der Waals surface area contributed by atoms with E-state index in [1.165, 1.54) is 5.56 Å². The summed E-state index contributed by atoms with van der Waals surface area (Å²) in [5, 5.41) is 5.39. The SMILES string of the molecule is CC1CN(C(C)C(=O)NC(=O)NC2CCCC2)c2ccccc21. The second-order valence-corrected chi connectivity index (χ2v) is 6.73. The second-order valence-electron chi connectivity index (χ2n) is 6.73. The van der Waals surface area contributed by atoms with Gasteiger partial charge in [0.15, 0.2) is 0 Å². The Bertz CT molecular complexity index is 596. The average molecular weight is 315 g/mol. The summed E-state index contributed by atoms with van der Waals surface area (Å²) in [6.45, 7) is 4.82. The van der Waals surface area contributed by atoms with Crippen molar-refractivity contribution in [2.75, 3.05) is 11.4 Å². The maximum Gasteiger partial charge on any atom is 0.321 e. The maximum absolute atomic E-state index is 12.4. The van der Waals surface area contributed by atoms with Gasteiger partial charge in [0.1, 0.15) is 6.04 Å². The monoisotopic (exact) mass is 315 g/mol. The van der Waals surface area contributed by atoms with Crippen molar-refractivity contribution in [2.24, 2.45) is 0 Å². The summed E-state index contributed by atoms with van der Waals surface area (Å²) in [6, 6.07) is 7.65. The van der Waals surface area contributed by atoms with Gasteiger partial charge in [-0.3, -0.25) is 10.1 Å². The molecule has 1 fully saturated rings. The molecule has 1 heterocycles. The van der Waals surface area contributed by atoms with Crippen LogP contribution < -0.4 is 15.5 Å². The van der Waals surface area contributed by atoms with Gasteiger partial charge in [-0.05, 0) is 31.4 Å². The topological polar surface area (TPSA) is 61.4 Å². The van der Waals surface area contributed by atoms with Crippen LogP contribution in [0, 0.1) is 0 Å². The Labute approximate surface area is 137 Å². The standard InChI is InChI=1S/C18H25N3O2/c1-12-11-21(16-10-6-5-9-15(12)16)13(2)17(22)20-18(23)19-14-7-3-4-8-14/h5-6,9-10,12-14H,3-4,7-8,11H2,1-2H3,(H2,19,20,22,23). The van der Waals surface area contributed by atoms with Gasteiger partial charge >= 0.3 is 6.03 Å². The Morgan fingerprint density at radius 2 is 1.91 bits per heavy atom. The van der Waals surface area contributed by atoms with Crippen LogP contribution in [0.5, 0.6) is 0 Å². The normalized spacial score (nSPS) is 21.8. The molecule has 0 saturated heterocycles. The summed E-state index contributed by atoms with van der Waals surface area (Å²) < 4.78 is 0. The van der Waals surface area contributed by atoms with Crippen LogP contribution in [0.1, 0.15) is 51.0 Å². The largest absolute Gasteiger partial charge is 0.359 e. The number of benzene rings is 1. The van der Waals surface area contributed by atoms with E-state index in [-0.39, 0.29) is 24.0 Å². The third-order valence-electron chi connectivity index (χ3n) is 5.02. The predicted molar refractivity (Wildman–Crippen MR) is 90.6 cm³/mol. The van der Waals surface area contributed by atoms with Crippen molar-refractivity contribution in [3.63, 3.8) is 0 Å². The molecule has 3 amide bonds. The van der Waals surface area contributed by atoms with Crippen molar-refractivity contribution in [1.82, 2.24) is 10.6 Å². The van der Waals surface area contributed by atoms with Gasteiger partial charge in [0.05, 0.1) is 0 Å². The number of fused-ring (bicyclic) bond motifs is 1. The molecule has 23 heavy (non-hydrogen) atoms. The summed E-state index contributed by atoms with van der Waals surface area (Å²) in [6.07, 6.45) is 4.32. The zero-order valence-corrected chi connectivity index (χ0v) is 13.8. The quantitative estimate of drug-likeness (QED) is 0.901. The van der Waals surface area contributed by atoms with Crippen molar-refractivity contribution < 1.29 is 9.59 Å². The van der Waals surface area contributed by atoms with Crippen LogP contribution in [0.2, 0.25) is 0 Å². The highest BCUT2D eigenvalue weighted by Crippen LogP contribution is 2.36. The second kappa shape index (κ2) is 6.60. The van der Waals surface area contributed by atoms with Gasteiger partial charge in [-0.15, -0.1) is 0 Å². The summed E-state index contributed by atoms with van der Waals surface area (Å²) in [7, 11) is 0. The summed E-state index contributed by atoms with van der Waals surface area (Å²) >= 11 is 0. The maximum atomic E-state index is 12.4. The van der Waals surface area contributed by atoms with Crippen molar-refractivity contribution in [2.45, 2.75) is 57.5 Å². The van der Waals surface area contributed by atoms with Crippen LogP contribution in [-0.4, -0.2) is 30.6 Å². The number of imide groups is 1. The number of rotatable bonds is 3. The highest BCUT2D eigenvalue weighted by Gasteiger charge is 2.32. The van der Waals surface area contributed by atoms with E-state index in [0.29, 0.717) is 5.92 Å². The van der Waals surface area contributed by atoms with Gasteiger partial charge in [0.2, 0.25) is 5.91 Å². The molecule has 0 radical (unpaired) electrons. The Morgan fingerprint density at radius 1 is 1.22 bits per heavy atom. The van der Waals surface area contributed by atoms with Crippen molar-refractivity contribution in [3.05, 3.63) is 29.8 Å². The zero-order chi connectivity index (χ0) is 16.4. The van der Waals surface area contributed by atoms with E-state index >= 15 is 0 Å². The number of para-hydroxylation sites is 1. The minimum Gasteiger partial charge on any atom is -0.359 e. The number of urea groups is 1. The lowest BCUT2D eigenvalue weighted by atomic mass is 10.0. The highest BCUT2D eigenvalue weighted by molar-refractivity contribution is 5.98. The first kappa shape index (κ1) is 15.8. The number of hydrogen-bond donors (Lipinski definition) is 2. The molecule has 3 rings (SSSR count). The summed E-state index contributed by atoms with van der Waals surface area (Å²) in [5.41, 5.74) is 2.36. The highest BCUT2D eigenvalue weighted by atomic mass is 16.2. The third kappa shape index (κ3) is 3.33. The first-order valence-corrected chi connectivity index (χ1v) is 8.53. The van der Waals surface area contributed by atoms with Crippen molar-refractivity contribution >= 4 is 17.6 Å². The molecule has 1 aromatic carbocycles. The van der Waals surface area contributed by atoms with Crippen molar-refractivity contribution in [3.8, 4) is 0 Å². The van der Waals surface area contributed by atoms with Crippen LogP contribution in [-0.2, 0) is 4.79 Å². The zero-order valence-electron chi connectivity index (χ0n) is 13.8. The number of carbonyl (C=O) groups is 2. The Balaban J connectivity index is 1.60. The molecule has 1 saturated carbocycles. The van der Waals surface area contributed by atoms with Gasteiger partial charge in [0, 0.05) is 24.2 Å². The molecule has 2 atom stereocenters. The first-order valence-electron chi connectivity index (χ1n) is 8.53. The van der Waals surface area contributed by atoms with Crippen LogP contribution in [0.25, 0.3) is 0 Å². The fourth-order valence-corrected chi connectivity index (χ4v) is 3.67. The summed E-state index contributed by atoms with van der Waals surface area (Å²) in [4.78, 5) is 26.5. The van der Waals surface area contributed by atoms with E-state index in [1.54, 1.807) is 0 Å². The molecule has 0 aromatic heterocycles. The van der Waals surface area contributed by atoms with E-state index < -0.39 is 0 Å². The Morgan fingerprint density at radius 3 is 2.65 bits per heavy atom. The Kier molecular flexibility index (Phi) is 4.55. The van der Waals surface area contributed by atoms with E-state index in [9.17, 15) is 9.59 Å². The fourth-order valence-electron chi connectivity index (χ4n) is 3.67. The number of nitrogens with one attached hydrogen (secondary N) is 2. The van der Waals surface area contributed by atoms with Crippen LogP contribution >= 0.6 is 0 Å². The fraction of sp³-hybridized carbons (Fsp3) is 0.556. The minimum absolute atomic E-state index is 0.214. The molecular formula is C18H25N3O2. The molecule has 2 unspecified atom stereocenters. The number of hydrogen-bond acceptors (Lipinski definition) is 3. The van der Waals surface area contributed by atoms with Gasteiger partial charge in [0.25, 0.3) is 0 Å². The average Bonchev–Trinajstić information content (AvgIpc) is 3.15. The van der Waals surface area contributed by atoms with Crippen LogP contribution in [0.3, 0.4) is 0 Å². The van der Waals surface area contributed by atoms with Crippen molar-refractivity contribution in [1.29, 1.82) is 0 Å². The van der Waals surface area contributed by atoms with E-state index in [4.69, 9.17) is 0 Å². The molecule has 1 aliphatic heterocycles. The first-order chi connectivity index (χ1) is 11.1. The molecule has 2 N–H and O–H groups in total. The molecule has 5 heteroatoms. The number of amides is 3. The number of carbonyl (C=O) groups excluding carboxylic acids is 2. The van der Waals surface area contributed by atoms with E-state index in [0.717, 1.165) is 37.9 Å². The lowest BCUT2D eigenvalue weighted by molar-refractivity contribution is -0.121. The van der Waals surface area contributed by atoms with Crippen LogP contribution in [0.15, 0.2) is 24.3 Å². The molecule has 1 aliphatic carbocycles. The van der Waals surface area contributed by atoms with Gasteiger partial charge in [-0.1, -0.05) is 38.0 Å². The molecule has 124 valence electrons. The molecular weight excluding hydrogens is 290 g/mol. The molecule has 5 nitrogen and oxygen atoms in total. The number of nitrogens with zero attached hydrogens (tertiary/aromatic N) is 1. The van der Waals surface area contributed by atoms with E-state index in [1.807, 2.05) is 25.1 Å².